The van der Waals surface area contributed by atoms with Gasteiger partial charge in [-0.2, -0.15) is 4.98 Å². The van der Waals surface area contributed by atoms with Gasteiger partial charge in [-0.15, -0.1) is 0 Å². The summed E-state index contributed by atoms with van der Waals surface area (Å²) in [5, 5.41) is 6.95. The number of nitrogens with one attached hydrogen (secondary N) is 1. The van der Waals surface area contributed by atoms with Gasteiger partial charge in [0.1, 0.15) is 0 Å². The summed E-state index contributed by atoms with van der Waals surface area (Å²) in [5.74, 6) is 1.65. The average Bonchev–Trinajstić information content (AvgIpc) is 3.21. The van der Waals surface area contributed by atoms with Gasteiger partial charge in [-0.3, -0.25) is 0 Å². The fourth-order valence-corrected chi connectivity index (χ4v) is 3.49. The van der Waals surface area contributed by atoms with Gasteiger partial charge in [0.15, 0.2) is 5.82 Å². The molecule has 2 heterocycles. The Balaban J connectivity index is 1.39. The minimum atomic E-state index is -0.0768. The zero-order valence-electron chi connectivity index (χ0n) is 14.7. The molecular formula is C17H28N4O3. The van der Waals surface area contributed by atoms with E-state index < -0.39 is 0 Å². The highest BCUT2D eigenvalue weighted by Gasteiger charge is 2.40. The first kappa shape index (κ1) is 17.2. The standard InChI is InChI=1S/C17H28N4O3/c1-13(2)15-19-14(24-20-15)6-5-9-18-16(22)21-10-11-23-17(12-21)7-3-4-8-17/h13H,3-12H2,1-2H3,(H,18,22). The van der Waals surface area contributed by atoms with Crippen LogP contribution in [0.3, 0.4) is 0 Å². The number of urea groups is 1. The van der Waals surface area contributed by atoms with E-state index in [0.717, 1.165) is 31.6 Å². The fraction of sp³-hybridized carbons (Fsp3) is 0.824. The zero-order valence-corrected chi connectivity index (χ0v) is 14.7. The van der Waals surface area contributed by atoms with Gasteiger partial charge in [0.2, 0.25) is 5.89 Å². The molecule has 0 aromatic carbocycles. The second-order valence-electron chi connectivity index (χ2n) is 7.20. The van der Waals surface area contributed by atoms with Crippen LogP contribution in [0.4, 0.5) is 4.79 Å². The van der Waals surface area contributed by atoms with Crippen molar-refractivity contribution in [3.63, 3.8) is 0 Å². The molecule has 1 aliphatic carbocycles. The van der Waals surface area contributed by atoms with Crippen molar-refractivity contribution in [2.24, 2.45) is 0 Å². The van der Waals surface area contributed by atoms with Crippen molar-refractivity contribution in [2.75, 3.05) is 26.2 Å². The highest BCUT2D eigenvalue weighted by atomic mass is 16.5. The van der Waals surface area contributed by atoms with E-state index in [1.807, 2.05) is 18.7 Å². The molecule has 0 unspecified atom stereocenters. The molecule has 1 saturated heterocycles. The van der Waals surface area contributed by atoms with Crippen molar-refractivity contribution in [2.45, 2.75) is 63.9 Å². The van der Waals surface area contributed by atoms with E-state index in [1.54, 1.807) is 0 Å². The first-order valence-electron chi connectivity index (χ1n) is 9.07. The predicted octanol–water partition coefficient (Wildman–Crippen LogP) is 2.48. The molecule has 1 aromatic heterocycles. The molecule has 7 nitrogen and oxygen atoms in total. The normalized spacial score (nSPS) is 20.0. The predicted molar refractivity (Wildman–Crippen MR) is 88.8 cm³/mol. The lowest BCUT2D eigenvalue weighted by atomic mass is 10.00. The molecule has 1 aromatic rings. The van der Waals surface area contributed by atoms with E-state index in [2.05, 4.69) is 15.5 Å². The largest absolute Gasteiger partial charge is 0.371 e. The van der Waals surface area contributed by atoms with Gasteiger partial charge in [0, 0.05) is 25.4 Å². The Labute approximate surface area is 143 Å². The van der Waals surface area contributed by atoms with Crippen LogP contribution in [0.1, 0.15) is 63.6 Å². The van der Waals surface area contributed by atoms with Crippen LogP contribution in [0.15, 0.2) is 4.52 Å². The minimum Gasteiger partial charge on any atom is -0.371 e. The Kier molecular flexibility index (Phi) is 5.38. The van der Waals surface area contributed by atoms with E-state index >= 15 is 0 Å². The lowest BCUT2D eigenvalue weighted by Gasteiger charge is -2.40. The van der Waals surface area contributed by atoms with E-state index in [-0.39, 0.29) is 17.6 Å². The number of aryl methyl sites for hydroxylation is 1. The molecule has 1 saturated carbocycles. The summed E-state index contributed by atoms with van der Waals surface area (Å²) >= 11 is 0. The molecule has 24 heavy (non-hydrogen) atoms. The summed E-state index contributed by atoms with van der Waals surface area (Å²) in [6, 6.07) is 0.0120. The lowest BCUT2D eigenvalue weighted by Crippen LogP contribution is -2.55. The molecule has 7 heteroatoms. The quantitative estimate of drug-likeness (QED) is 0.836. The SMILES string of the molecule is CC(C)c1noc(CCCNC(=O)N2CCOC3(CCCC3)C2)n1. The first-order valence-corrected chi connectivity index (χ1v) is 9.07. The number of nitrogens with zero attached hydrogens (tertiary/aromatic N) is 3. The van der Waals surface area contributed by atoms with E-state index in [1.165, 1.54) is 12.8 Å². The van der Waals surface area contributed by atoms with Crippen LogP contribution in [0, 0.1) is 0 Å². The maximum absolute atomic E-state index is 12.4. The third kappa shape index (κ3) is 4.06. The second kappa shape index (κ2) is 7.51. The van der Waals surface area contributed by atoms with Crippen molar-refractivity contribution in [1.29, 1.82) is 0 Å². The van der Waals surface area contributed by atoms with E-state index in [0.29, 0.717) is 32.0 Å². The van der Waals surface area contributed by atoms with Crippen molar-refractivity contribution in [1.82, 2.24) is 20.4 Å². The Morgan fingerprint density at radius 3 is 2.88 bits per heavy atom. The molecule has 1 N–H and O–H groups in total. The summed E-state index contributed by atoms with van der Waals surface area (Å²) in [4.78, 5) is 18.6. The number of rotatable bonds is 5. The molecule has 1 spiro atoms. The Hall–Kier alpha value is -1.63. The van der Waals surface area contributed by atoms with Crippen LogP contribution in [0.5, 0.6) is 0 Å². The number of aromatic nitrogens is 2. The monoisotopic (exact) mass is 336 g/mol. The molecule has 3 rings (SSSR count). The third-order valence-corrected chi connectivity index (χ3v) is 4.89. The number of ether oxygens (including phenoxy) is 1. The van der Waals surface area contributed by atoms with Crippen molar-refractivity contribution >= 4 is 6.03 Å². The molecule has 2 aliphatic rings. The topological polar surface area (TPSA) is 80.5 Å². The fourth-order valence-electron chi connectivity index (χ4n) is 3.49. The first-order chi connectivity index (χ1) is 11.6. The van der Waals surface area contributed by atoms with E-state index in [9.17, 15) is 4.79 Å². The molecule has 1 aliphatic heterocycles. The van der Waals surface area contributed by atoms with Crippen molar-refractivity contribution in [3.05, 3.63) is 11.7 Å². The summed E-state index contributed by atoms with van der Waals surface area (Å²) in [6.45, 7) is 6.73. The minimum absolute atomic E-state index is 0.0120. The Morgan fingerprint density at radius 2 is 2.17 bits per heavy atom. The second-order valence-corrected chi connectivity index (χ2v) is 7.20. The maximum Gasteiger partial charge on any atom is 0.317 e. The number of hydrogen-bond acceptors (Lipinski definition) is 5. The van der Waals surface area contributed by atoms with Gasteiger partial charge in [0.05, 0.1) is 18.8 Å². The number of hydrogen-bond donors (Lipinski definition) is 1. The van der Waals surface area contributed by atoms with Crippen LogP contribution in [-0.4, -0.2) is 52.9 Å². The van der Waals surface area contributed by atoms with Gasteiger partial charge in [0.25, 0.3) is 0 Å². The summed E-state index contributed by atoms with van der Waals surface area (Å²) in [6.07, 6.45) is 6.04. The Morgan fingerprint density at radius 1 is 1.38 bits per heavy atom. The van der Waals surface area contributed by atoms with Gasteiger partial charge >= 0.3 is 6.03 Å². The van der Waals surface area contributed by atoms with Crippen LogP contribution < -0.4 is 5.32 Å². The van der Waals surface area contributed by atoms with Crippen LogP contribution >= 0.6 is 0 Å². The number of morpholine rings is 1. The van der Waals surface area contributed by atoms with Gasteiger partial charge in [-0.05, 0) is 19.3 Å². The smallest absolute Gasteiger partial charge is 0.317 e. The average molecular weight is 336 g/mol. The van der Waals surface area contributed by atoms with Crippen molar-refractivity contribution < 1.29 is 14.1 Å². The summed E-state index contributed by atoms with van der Waals surface area (Å²) in [7, 11) is 0. The van der Waals surface area contributed by atoms with Crippen LogP contribution in [0.2, 0.25) is 0 Å². The molecule has 0 bridgehead atoms. The van der Waals surface area contributed by atoms with E-state index in [4.69, 9.17) is 9.26 Å². The van der Waals surface area contributed by atoms with Crippen molar-refractivity contribution in [3.8, 4) is 0 Å². The Bertz CT molecular complexity index is 552. The summed E-state index contributed by atoms with van der Waals surface area (Å²) < 4.78 is 11.2. The zero-order chi connectivity index (χ0) is 17.0. The molecule has 0 radical (unpaired) electrons. The number of carbonyl (C=O) groups is 1. The molecule has 2 fully saturated rings. The highest BCUT2D eigenvalue weighted by Crippen LogP contribution is 2.35. The van der Waals surface area contributed by atoms with Gasteiger partial charge in [-0.25, -0.2) is 4.79 Å². The lowest BCUT2D eigenvalue weighted by molar-refractivity contribution is -0.0925. The third-order valence-electron chi connectivity index (χ3n) is 4.89. The molecule has 0 atom stereocenters. The summed E-state index contributed by atoms with van der Waals surface area (Å²) in [5.41, 5.74) is -0.0768. The number of carbonyl (C=O) groups excluding carboxylic acids is 1. The van der Waals surface area contributed by atoms with Gasteiger partial charge in [-0.1, -0.05) is 31.8 Å². The van der Waals surface area contributed by atoms with Crippen LogP contribution in [0.25, 0.3) is 0 Å². The van der Waals surface area contributed by atoms with Gasteiger partial charge < -0.3 is 19.5 Å². The maximum atomic E-state index is 12.4. The molecule has 134 valence electrons. The molecular weight excluding hydrogens is 308 g/mol. The molecule has 2 amide bonds. The number of amides is 2. The highest BCUT2D eigenvalue weighted by molar-refractivity contribution is 5.74. The van der Waals surface area contributed by atoms with Crippen LogP contribution in [-0.2, 0) is 11.2 Å².